The fourth-order valence-corrected chi connectivity index (χ4v) is 7.69. The Kier molecular flexibility index (Phi) is 6.02. The van der Waals surface area contributed by atoms with Gasteiger partial charge in [-0.05, 0) is 95.5 Å². The molecule has 0 N–H and O–H groups in total. The van der Waals surface area contributed by atoms with Crippen molar-refractivity contribution in [3.05, 3.63) is 182 Å². The molecule has 1 heterocycles. The lowest BCUT2D eigenvalue weighted by Gasteiger charge is -2.18. The van der Waals surface area contributed by atoms with Crippen molar-refractivity contribution in [1.29, 1.82) is 0 Å². The molecule has 0 aliphatic carbocycles. The summed E-state index contributed by atoms with van der Waals surface area (Å²) in [5.74, 6) is 0. The van der Waals surface area contributed by atoms with Crippen LogP contribution in [0.1, 0.15) is 1.37 Å². The molecule has 0 amide bonds. The van der Waals surface area contributed by atoms with E-state index in [0.29, 0.717) is 6.04 Å². The van der Waals surface area contributed by atoms with Crippen LogP contribution >= 0.6 is 0 Å². The average molecular weight is 624 g/mol. The largest absolute Gasteiger partial charge is 0.455 e. The van der Waals surface area contributed by atoms with Gasteiger partial charge < -0.3 is 4.42 Å². The minimum absolute atomic E-state index is 0.531. The summed E-state index contributed by atoms with van der Waals surface area (Å²) in [6.07, 6.45) is 0. The molecule has 0 radical (unpaired) electrons. The molecule has 0 aliphatic rings. The lowest BCUT2D eigenvalue weighted by molar-refractivity contribution is 0.670. The Morgan fingerprint density at radius 3 is 1.65 bits per heavy atom. The van der Waals surface area contributed by atoms with E-state index in [9.17, 15) is 0 Å². The minimum atomic E-state index is 0.531. The second kappa shape index (κ2) is 11.1. The number of fused-ring (bicyclic) bond motifs is 6. The predicted molar refractivity (Wildman–Crippen MR) is 208 cm³/mol. The molecule has 0 atom stereocenters. The quantitative estimate of drug-likeness (QED) is 0.178. The third-order valence-electron chi connectivity index (χ3n) is 9.97. The highest BCUT2D eigenvalue weighted by molar-refractivity contribution is 6.22. The van der Waals surface area contributed by atoms with Crippen LogP contribution in [0.4, 0.5) is 0 Å². The molecule has 9 aromatic carbocycles. The standard InChI is InChI=1S/C48H30O/c1-2-13-33(14-3-1)43-29-37(30-44-38-16-10-11-21-45(38)49-48(43)44)32-22-25-34(26-23-32)46-39-17-6-8-19-41(39)47(42-20-9-7-18-40(42)46)36-27-24-31-12-4-5-15-35(31)28-36/h1-30H/i4D. The van der Waals surface area contributed by atoms with E-state index in [2.05, 4.69) is 152 Å². The summed E-state index contributed by atoms with van der Waals surface area (Å²) in [5.41, 5.74) is 11.2. The first-order valence-electron chi connectivity index (χ1n) is 17.3. The summed E-state index contributed by atoms with van der Waals surface area (Å²) in [4.78, 5) is 0. The Morgan fingerprint density at radius 1 is 0.347 bits per heavy atom. The molecule has 0 unspecified atom stereocenters. The zero-order valence-electron chi connectivity index (χ0n) is 27.7. The van der Waals surface area contributed by atoms with Gasteiger partial charge in [0.2, 0.25) is 0 Å². The SMILES string of the molecule is [2H]c1ccc2cc(-c3c4ccccc4c(-c4ccc(-c5cc(-c6ccccc6)c6oc7ccccc7c6c5)cc4)c4ccccc34)ccc2c1. The maximum atomic E-state index is 8.07. The van der Waals surface area contributed by atoms with Crippen molar-refractivity contribution in [3.8, 4) is 44.5 Å². The van der Waals surface area contributed by atoms with Crippen molar-refractivity contribution in [2.75, 3.05) is 0 Å². The van der Waals surface area contributed by atoms with Crippen LogP contribution in [-0.4, -0.2) is 0 Å². The summed E-state index contributed by atoms with van der Waals surface area (Å²) in [6.45, 7) is 0. The highest BCUT2D eigenvalue weighted by Crippen LogP contribution is 2.45. The third kappa shape index (κ3) is 4.47. The summed E-state index contributed by atoms with van der Waals surface area (Å²) in [6, 6.07) is 63.0. The first-order valence-corrected chi connectivity index (χ1v) is 16.8. The van der Waals surface area contributed by atoms with Gasteiger partial charge in [-0.1, -0.05) is 158 Å². The number of furan rings is 1. The molecular weight excluding hydrogens is 593 g/mol. The molecule has 1 aromatic heterocycles. The maximum absolute atomic E-state index is 8.07. The average Bonchev–Trinajstić information content (AvgIpc) is 3.55. The zero-order valence-corrected chi connectivity index (χ0v) is 26.7. The molecule has 0 saturated carbocycles. The van der Waals surface area contributed by atoms with Crippen molar-refractivity contribution in [2.24, 2.45) is 0 Å². The second-order valence-electron chi connectivity index (χ2n) is 12.8. The highest BCUT2D eigenvalue weighted by atomic mass is 16.3. The fraction of sp³-hybridized carbons (Fsp3) is 0. The molecule has 0 saturated heterocycles. The molecule has 10 aromatic rings. The van der Waals surface area contributed by atoms with Crippen LogP contribution in [-0.2, 0) is 0 Å². The predicted octanol–water partition coefficient (Wildman–Crippen LogP) is 13.7. The van der Waals surface area contributed by atoms with E-state index in [1.165, 1.54) is 43.8 Å². The van der Waals surface area contributed by atoms with Crippen LogP contribution in [0.15, 0.2) is 186 Å². The van der Waals surface area contributed by atoms with E-state index in [4.69, 9.17) is 5.79 Å². The molecule has 0 bridgehead atoms. The van der Waals surface area contributed by atoms with Crippen LogP contribution < -0.4 is 0 Å². The van der Waals surface area contributed by atoms with Gasteiger partial charge in [-0.3, -0.25) is 0 Å². The highest BCUT2D eigenvalue weighted by Gasteiger charge is 2.18. The van der Waals surface area contributed by atoms with Crippen LogP contribution in [0, 0.1) is 0 Å². The van der Waals surface area contributed by atoms with Gasteiger partial charge in [-0.15, -0.1) is 0 Å². The van der Waals surface area contributed by atoms with Crippen LogP contribution in [0.3, 0.4) is 0 Å². The van der Waals surface area contributed by atoms with E-state index in [1.54, 1.807) is 0 Å². The zero-order chi connectivity index (χ0) is 33.2. The molecular formula is C48H30O. The summed E-state index contributed by atoms with van der Waals surface area (Å²) < 4.78 is 14.5. The number of para-hydroxylation sites is 1. The van der Waals surface area contributed by atoms with E-state index in [-0.39, 0.29) is 0 Å². The number of benzene rings is 9. The summed E-state index contributed by atoms with van der Waals surface area (Å²) in [5, 5.41) is 9.40. The molecule has 10 rings (SSSR count). The van der Waals surface area contributed by atoms with Gasteiger partial charge in [0.05, 0.1) is 1.37 Å². The number of hydrogen-bond donors (Lipinski definition) is 0. The number of hydrogen-bond acceptors (Lipinski definition) is 1. The second-order valence-corrected chi connectivity index (χ2v) is 12.8. The molecule has 0 aliphatic heterocycles. The molecule has 1 nitrogen and oxygen atoms in total. The lowest BCUT2D eigenvalue weighted by atomic mass is 9.85. The topological polar surface area (TPSA) is 13.1 Å². The van der Waals surface area contributed by atoms with Gasteiger partial charge in [0.25, 0.3) is 0 Å². The lowest BCUT2D eigenvalue weighted by Crippen LogP contribution is -1.91. The van der Waals surface area contributed by atoms with Gasteiger partial charge in [0, 0.05) is 16.3 Å². The first kappa shape index (κ1) is 26.6. The maximum Gasteiger partial charge on any atom is 0.143 e. The van der Waals surface area contributed by atoms with Gasteiger partial charge >= 0.3 is 0 Å². The van der Waals surface area contributed by atoms with Crippen molar-refractivity contribution in [2.45, 2.75) is 0 Å². The van der Waals surface area contributed by atoms with E-state index in [0.717, 1.165) is 55.0 Å². The van der Waals surface area contributed by atoms with Crippen molar-refractivity contribution < 1.29 is 5.79 Å². The normalized spacial score (nSPS) is 12.0. The van der Waals surface area contributed by atoms with Crippen LogP contribution in [0.2, 0.25) is 0 Å². The van der Waals surface area contributed by atoms with Gasteiger partial charge in [-0.25, -0.2) is 0 Å². The third-order valence-corrected chi connectivity index (χ3v) is 9.97. The molecule has 1 heteroatoms. The van der Waals surface area contributed by atoms with Gasteiger partial charge in [-0.2, -0.15) is 0 Å². The van der Waals surface area contributed by atoms with Crippen molar-refractivity contribution in [1.82, 2.24) is 0 Å². The van der Waals surface area contributed by atoms with E-state index >= 15 is 0 Å². The Bertz CT molecular complexity index is 2860. The van der Waals surface area contributed by atoms with Gasteiger partial charge in [0.15, 0.2) is 0 Å². The smallest absolute Gasteiger partial charge is 0.143 e. The molecule has 0 spiro atoms. The van der Waals surface area contributed by atoms with E-state index < -0.39 is 0 Å². The molecule has 49 heavy (non-hydrogen) atoms. The van der Waals surface area contributed by atoms with E-state index in [1.807, 2.05) is 24.3 Å². The Morgan fingerprint density at radius 2 is 0.939 bits per heavy atom. The first-order chi connectivity index (χ1) is 24.7. The molecule has 228 valence electrons. The monoisotopic (exact) mass is 623 g/mol. The molecule has 0 fully saturated rings. The summed E-state index contributed by atoms with van der Waals surface area (Å²) >= 11 is 0. The Balaban J connectivity index is 1.15. The van der Waals surface area contributed by atoms with Crippen LogP contribution in [0.25, 0.3) is 98.8 Å². The fourth-order valence-electron chi connectivity index (χ4n) is 7.69. The number of rotatable bonds is 4. The van der Waals surface area contributed by atoms with Crippen molar-refractivity contribution in [3.63, 3.8) is 0 Å². The van der Waals surface area contributed by atoms with Gasteiger partial charge in [0.1, 0.15) is 11.2 Å². The van der Waals surface area contributed by atoms with Crippen molar-refractivity contribution >= 4 is 54.3 Å². The van der Waals surface area contributed by atoms with Crippen LogP contribution in [0.5, 0.6) is 0 Å². The Hall–Kier alpha value is -6.44. The summed E-state index contributed by atoms with van der Waals surface area (Å²) in [7, 11) is 0. The minimum Gasteiger partial charge on any atom is -0.455 e. The Labute approximate surface area is 285 Å².